The van der Waals surface area contributed by atoms with Crippen LogP contribution in [-0.2, 0) is 5.41 Å². The fraction of sp³-hybridized carbons (Fsp3) is 0.545. The maximum atomic E-state index is 2.51. The van der Waals surface area contributed by atoms with Gasteiger partial charge < -0.3 is 0 Å². The number of nitrogens with zero attached hydrogens (tertiary/aromatic N) is 2. The van der Waals surface area contributed by atoms with Gasteiger partial charge in [0.15, 0.2) is 0 Å². The zero-order chi connectivity index (χ0) is 16.7. The van der Waals surface area contributed by atoms with Crippen LogP contribution in [-0.4, -0.2) is 18.6 Å². The van der Waals surface area contributed by atoms with E-state index < -0.39 is 0 Å². The van der Waals surface area contributed by atoms with Crippen LogP contribution in [0.4, 0.5) is 5.69 Å². The highest BCUT2D eigenvalue weighted by Crippen LogP contribution is 2.60. The van der Waals surface area contributed by atoms with E-state index in [-0.39, 0.29) is 5.41 Å². The predicted molar refractivity (Wildman–Crippen MR) is 101 cm³/mol. The summed E-state index contributed by atoms with van der Waals surface area (Å²) in [5.74, 6) is 0.842. The molecule has 0 radical (unpaired) electrons. The molecule has 1 saturated carbocycles. The number of allylic oxidation sites excluding steroid dienone is 2. The number of hydrogen-bond acceptors (Lipinski definition) is 2. The minimum atomic E-state index is 0.236. The van der Waals surface area contributed by atoms with Crippen molar-refractivity contribution in [2.45, 2.75) is 51.9 Å². The van der Waals surface area contributed by atoms with Gasteiger partial charge in [0.05, 0.1) is 12.2 Å². The summed E-state index contributed by atoms with van der Waals surface area (Å²) >= 11 is 0. The Hall–Kier alpha value is -1.70. The van der Waals surface area contributed by atoms with Gasteiger partial charge in [0.25, 0.3) is 0 Å². The molecule has 0 amide bonds. The predicted octanol–water partition coefficient (Wildman–Crippen LogP) is 5.12. The van der Waals surface area contributed by atoms with Gasteiger partial charge in [-0.1, -0.05) is 39.0 Å². The molecule has 1 aromatic rings. The Bertz CT molecular complexity index is 785. The summed E-state index contributed by atoms with van der Waals surface area (Å²) in [5, 5.41) is 4.98. The summed E-state index contributed by atoms with van der Waals surface area (Å²) < 4.78 is 0. The molecule has 0 unspecified atom stereocenters. The number of hydrazine groups is 1. The molecule has 1 aliphatic heterocycles. The molecule has 2 heteroatoms. The Labute approximate surface area is 145 Å². The molecule has 5 rings (SSSR count). The molecule has 2 atom stereocenters. The monoisotopic (exact) mass is 320 g/mol. The normalized spacial score (nSPS) is 32.6. The van der Waals surface area contributed by atoms with E-state index >= 15 is 0 Å². The van der Waals surface area contributed by atoms with Crippen LogP contribution in [0.3, 0.4) is 0 Å². The van der Waals surface area contributed by atoms with E-state index in [1.54, 1.807) is 11.3 Å². The highest BCUT2D eigenvalue weighted by Gasteiger charge is 2.53. The first-order chi connectivity index (χ1) is 11.4. The van der Waals surface area contributed by atoms with Gasteiger partial charge in [-0.05, 0) is 65.8 Å². The Kier molecular flexibility index (Phi) is 2.73. The van der Waals surface area contributed by atoms with E-state index in [4.69, 9.17) is 0 Å². The molecule has 1 aromatic carbocycles. The average molecular weight is 320 g/mol. The van der Waals surface area contributed by atoms with Gasteiger partial charge in [0.1, 0.15) is 0 Å². The molecule has 0 saturated heterocycles. The lowest BCUT2D eigenvalue weighted by Gasteiger charge is -2.38. The van der Waals surface area contributed by atoms with E-state index in [0.717, 1.165) is 18.9 Å². The van der Waals surface area contributed by atoms with Gasteiger partial charge >= 0.3 is 0 Å². The maximum Gasteiger partial charge on any atom is 0.0629 e. The highest BCUT2D eigenvalue weighted by atomic mass is 15.6. The molecule has 1 fully saturated rings. The van der Waals surface area contributed by atoms with Crippen LogP contribution >= 0.6 is 0 Å². The second kappa shape index (κ2) is 4.47. The molecular formula is C22H28N2. The third kappa shape index (κ3) is 1.77. The Morgan fingerprint density at radius 2 is 2.00 bits per heavy atom. The Morgan fingerprint density at radius 3 is 2.79 bits per heavy atom. The Balaban J connectivity index is 1.53. The van der Waals surface area contributed by atoms with Crippen LogP contribution in [0.2, 0.25) is 0 Å². The van der Waals surface area contributed by atoms with Gasteiger partial charge in [-0.3, -0.25) is 10.0 Å². The van der Waals surface area contributed by atoms with Crippen molar-refractivity contribution >= 4 is 11.8 Å². The topological polar surface area (TPSA) is 6.48 Å². The van der Waals surface area contributed by atoms with Crippen molar-refractivity contribution in [3.05, 3.63) is 46.7 Å². The first-order valence-electron chi connectivity index (χ1n) is 9.45. The van der Waals surface area contributed by atoms with Crippen molar-refractivity contribution in [1.82, 2.24) is 5.01 Å². The summed E-state index contributed by atoms with van der Waals surface area (Å²) in [5.41, 5.74) is 8.27. The fourth-order valence-electron chi connectivity index (χ4n) is 5.82. The van der Waals surface area contributed by atoms with Crippen molar-refractivity contribution in [3.63, 3.8) is 0 Å². The van der Waals surface area contributed by atoms with Gasteiger partial charge in [0, 0.05) is 18.2 Å². The summed E-state index contributed by atoms with van der Waals surface area (Å²) in [4.78, 5) is 0. The quantitative estimate of drug-likeness (QED) is 0.708. The SMILES string of the molecule is CN1C2=C(CN1c1ccc3c(c1)C(C)(C)CC=C3)[C@H]1CC[C@]2(C)C1. The minimum absolute atomic E-state index is 0.236. The summed E-state index contributed by atoms with van der Waals surface area (Å²) in [7, 11) is 2.28. The summed E-state index contributed by atoms with van der Waals surface area (Å²) in [6, 6.07) is 7.07. The van der Waals surface area contributed by atoms with Crippen LogP contribution in [0.15, 0.2) is 35.5 Å². The molecule has 3 aliphatic carbocycles. The average Bonchev–Trinajstić information content (AvgIpc) is 3.16. The number of hydrogen-bond donors (Lipinski definition) is 0. The molecular weight excluding hydrogens is 292 g/mol. The lowest BCUT2D eigenvalue weighted by atomic mass is 9.76. The summed E-state index contributed by atoms with van der Waals surface area (Å²) in [6.07, 6.45) is 9.90. The second-order valence-corrected chi connectivity index (χ2v) is 9.22. The molecule has 2 bridgehead atoms. The first-order valence-corrected chi connectivity index (χ1v) is 9.45. The third-order valence-corrected chi connectivity index (χ3v) is 7.11. The van der Waals surface area contributed by atoms with Crippen LogP contribution in [0.1, 0.15) is 57.6 Å². The Morgan fingerprint density at radius 1 is 1.17 bits per heavy atom. The molecule has 2 nitrogen and oxygen atoms in total. The fourth-order valence-corrected chi connectivity index (χ4v) is 5.82. The number of benzene rings is 1. The molecule has 4 aliphatic rings. The summed E-state index contributed by atoms with van der Waals surface area (Å²) in [6.45, 7) is 8.32. The zero-order valence-electron chi connectivity index (χ0n) is 15.4. The number of fused-ring (bicyclic) bond motifs is 5. The van der Waals surface area contributed by atoms with Crippen LogP contribution < -0.4 is 5.01 Å². The molecule has 1 heterocycles. The minimum Gasteiger partial charge on any atom is -0.292 e. The molecule has 0 aromatic heterocycles. The van der Waals surface area contributed by atoms with Gasteiger partial charge in [0.2, 0.25) is 0 Å². The molecule has 24 heavy (non-hydrogen) atoms. The largest absolute Gasteiger partial charge is 0.292 e. The van der Waals surface area contributed by atoms with Crippen molar-refractivity contribution < 1.29 is 0 Å². The molecule has 126 valence electrons. The smallest absolute Gasteiger partial charge is 0.0629 e. The number of anilines is 1. The van der Waals surface area contributed by atoms with E-state index in [2.05, 4.69) is 68.2 Å². The van der Waals surface area contributed by atoms with E-state index in [9.17, 15) is 0 Å². The standard InChI is InChI=1S/C22H28N2/c1-21(2)10-5-6-15-7-8-17(12-19(15)21)24-14-18-16-9-11-22(3,13-16)20(18)23(24)4/h5-8,12,16H,9-11,13-14H2,1-4H3/t16-,22+/m0/s1. The maximum absolute atomic E-state index is 2.51. The van der Waals surface area contributed by atoms with E-state index in [1.165, 1.54) is 36.1 Å². The van der Waals surface area contributed by atoms with Crippen molar-refractivity contribution in [2.75, 3.05) is 18.6 Å². The van der Waals surface area contributed by atoms with Crippen molar-refractivity contribution in [1.29, 1.82) is 0 Å². The van der Waals surface area contributed by atoms with Crippen LogP contribution in [0.5, 0.6) is 0 Å². The van der Waals surface area contributed by atoms with Crippen molar-refractivity contribution in [2.24, 2.45) is 11.3 Å². The highest BCUT2D eigenvalue weighted by molar-refractivity contribution is 5.65. The third-order valence-electron chi connectivity index (χ3n) is 7.11. The molecule has 0 N–H and O–H groups in total. The van der Waals surface area contributed by atoms with Gasteiger partial charge in [-0.2, -0.15) is 0 Å². The zero-order valence-corrected chi connectivity index (χ0v) is 15.4. The number of rotatable bonds is 1. The van der Waals surface area contributed by atoms with E-state index in [1.807, 2.05) is 0 Å². The van der Waals surface area contributed by atoms with Gasteiger partial charge in [-0.25, -0.2) is 0 Å². The van der Waals surface area contributed by atoms with Crippen LogP contribution in [0.25, 0.3) is 6.08 Å². The van der Waals surface area contributed by atoms with E-state index in [0.29, 0.717) is 5.41 Å². The lowest BCUT2D eigenvalue weighted by Crippen LogP contribution is -2.38. The van der Waals surface area contributed by atoms with Gasteiger partial charge in [-0.15, -0.1) is 0 Å². The lowest BCUT2D eigenvalue weighted by molar-refractivity contribution is 0.288. The first kappa shape index (κ1) is 14.6. The van der Waals surface area contributed by atoms with Crippen molar-refractivity contribution in [3.8, 4) is 0 Å². The van der Waals surface area contributed by atoms with Crippen LogP contribution in [0, 0.1) is 11.3 Å². The molecule has 0 spiro atoms. The second-order valence-electron chi connectivity index (χ2n) is 9.22.